The molecule has 0 unspecified atom stereocenters. The van der Waals surface area contributed by atoms with E-state index in [2.05, 4.69) is 4.90 Å². The number of ketones is 1. The van der Waals surface area contributed by atoms with Crippen molar-refractivity contribution in [1.29, 1.82) is 0 Å². The zero-order chi connectivity index (χ0) is 26.0. The van der Waals surface area contributed by atoms with E-state index in [1.54, 1.807) is 54.5 Å². The van der Waals surface area contributed by atoms with Crippen molar-refractivity contribution in [1.82, 2.24) is 9.80 Å². The first-order valence-corrected chi connectivity index (χ1v) is 10.6. The van der Waals surface area contributed by atoms with Crippen LogP contribution in [0.15, 0.2) is 42.5 Å². The van der Waals surface area contributed by atoms with Gasteiger partial charge in [0.25, 0.3) is 5.91 Å². The van der Waals surface area contributed by atoms with Crippen molar-refractivity contribution in [3.05, 3.63) is 53.6 Å². The minimum absolute atomic E-state index is 0.0545. The van der Waals surface area contributed by atoms with Gasteiger partial charge in [-0.1, -0.05) is 6.07 Å². The van der Waals surface area contributed by atoms with Gasteiger partial charge in [0.2, 0.25) is 0 Å². The van der Waals surface area contributed by atoms with Gasteiger partial charge >= 0.3 is 11.9 Å². The first-order valence-electron chi connectivity index (χ1n) is 10.6. The average Bonchev–Trinajstić information content (AvgIpc) is 2.88. The lowest BCUT2D eigenvalue weighted by Crippen LogP contribution is -2.50. The first-order chi connectivity index (χ1) is 16.7. The molecule has 0 aromatic heterocycles. The molecule has 2 aromatic carbocycles. The van der Waals surface area contributed by atoms with Crippen LogP contribution in [0.1, 0.15) is 20.7 Å². The molecule has 2 N–H and O–H groups in total. The third-order valence-electron chi connectivity index (χ3n) is 5.26. The predicted octanol–water partition coefficient (Wildman–Crippen LogP) is 1.51. The Balaban J connectivity index is 0.000000641. The third kappa shape index (κ3) is 7.44. The number of piperazine rings is 1. The van der Waals surface area contributed by atoms with Gasteiger partial charge in [-0.15, -0.1) is 0 Å². The van der Waals surface area contributed by atoms with Gasteiger partial charge in [-0.2, -0.15) is 0 Å². The van der Waals surface area contributed by atoms with Crippen molar-refractivity contribution in [2.24, 2.45) is 0 Å². The Morgan fingerprint density at radius 1 is 0.771 bits per heavy atom. The van der Waals surface area contributed by atoms with Crippen molar-refractivity contribution >= 4 is 23.6 Å². The second-order valence-electron chi connectivity index (χ2n) is 7.37. The Kier molecular flexibility index (Phi) is 10.0. The quantitative estimate of drug-likeness (QED) is 0.435. The van der Waals surface area contributed by atoms with Gasteiger partial charge in [-0.3, -0.25) is 14.5 Å². The molecule has 0 saturated carbocycles. The summed E-state index contributed by atoms with van der Waals surface area (Å²) in [5.74, 6) is -2.01. The van der Waals surface area contributed by atoms with E-state index in [9.17, 15) is 9.59 Å². The van der Waals surface area contributed by atoms with E-state index in [0.717, 1.165) is 5.75 Å². The molecule has 11 nitrogen and oxygen atoms in total. The fourth-order valence-electron chi connectivity index (χ4n) is 3.40. The normalized spacial score (nSPS) is 13.2. The van der Waals surface area contributed by atoms with Crippen LogP contribution < -0.4 is 14.2 Å². The van der Waals surface area contributed by atoms with E-state index in [0.29, 0.717) is 55.3 Å². The number of aliphatic carboxylic acids is 2. The summed E-state index contributed by atoms with van der Waals surface area (Å²) >= 11 is 0. The summed E-state index contributed by atoms with van der Waals surface area (Å²) in [5, 5.41) is 14.8. The summed E-state index contributed by atoms with van der Waals surface area (Å²) in [4.78, 5) is 47.6. The highest BCUT2D eigenvalue weighted by Gasteiger charge is 2.27. The molecular formula is C24H28N2O9. The molecule has 0 atom stereocenters. The van der Waals surface area contributed by atoms with Gasteiger partial charge in [-0.25, -0.2) is 9.59 Å². The Morgan fingerprint density at radius 2 is 1.29 bits per heavy atom. The molecular weight excluding hydrogens is 460 g/mol. The molecule has 3 rings (SSSR count). The van der Waals surface area contributed by atoms with Gasteiger partial charge in [-0.05, 0) is 36.4 Å². The van der Waals surface area contributed by atoms with E-state index < -0.39 is 11.9 Å². The van der Waals surface area contributed by atoms with Crippen molar-refractivity contribution in [3.8, 4) is 17.2 Å². The van der Waals surface area contributed by atoms with Crippen LogP contribution in [0.2, 0.25) is 0 Å². The topological polar surface area (TPSA) is 143 Å². The smallest absolute Gasteiger partial charge is 0.414 e. The zero-order valence-corrected chi connectivity index (χ0v) is 19.7. The van der Waals surface area contributed by atoms with E-state index in [4.69, 9.17) is 34.0 Å². The summed E-state index contributed by atoms with van der Waals surface area (Å²) < 4.78 is 15.8. The second kappa shape index (κ2) is 12.9. The largest absolute Gasteiger partial charge is 0.497 e. The fraction of sp³-hybridized carbons (Fsp3) is 0.333. The van der Waals surface area contributed by atoms with Gasteiger partial charge in [0.15, 0.2) is 5.78 Å². The van der Waals surface area contributed by atoms with Crippen molar-refractivity contribution in [3.63, 3.8) is 0 Å². The lowest BCUT2D eigenvalue weighted by molar-refractivity contribution is -0.159. The number of Topliss-reactive ketones (excluding diaryl/α,β-unsaturated/α-hetero) is 1. The van der Waals surface area contributed by atoms with Crippen LogP contribution in [0, 0.1) is 0 Å². The SMILES string of the molecule is COc1ccc(C(=O)CN2CCN(C(=O)c3c(OC)cccc3OC)CC2)cc1.O=C(O)C(=O)O. The highest BCUT2D eigenvalue weighted by atomic mass is 16.5. The molecule has 1 saturated heterocycles. The number of methoxy groups -OCH3 is 3. The predicted molar refractivity (Wildman–Crippen MR) is 124 cm³/mol. The average molecular weight is 488 g/mol. The molecule has 0 radical (unpaired) electrons. The van der Waals surface area contributed by atoms with Crippen LogP contribution in [-0.4, -0.2) is 97.7 Å². The van der Waals surface area contributed by atoms with E-state index in [-0.39, 0.29) is 11.7 Å². The lowest BCUT2D eigenvalue weighted by atomic mass is 10.1. The first kappa shape index (κ1) is 27.1. The number of carboxylic acids is 2. The molecule has 0 bridgehead atoms. The molecule has 35 heavy (non-hydrogen) atoms. The van der Waals surface area contributed by atoms with E-state index in [1.165, 1.54) is 14.2 Å². The van der Waals surface area contributed by atoms with Gasteiger partial charge < -0.3 is 29.3 Å². The second-order valence-corrected chi connectivity index (χ2v) is 7.37. The minimum atomic E-state index is -1.82. The maximum absolute atomic E-state index is 13.0. The molecule has 0 aliphatic carbocycles. The number of rotatable bonds is 7. The highest BCUT2D eigenvalue weighted by molar-refractivity contribution is 6.27. The molecule has 0 spiro atoms. The standard InChI is InChI=1S/C22H26N2O5.C2H2O4/c1-27-17-9-7-16(8-10-17)18(25)15-23-11-13-24(14-12-23)22(26)21-19(28-2)5-4-6-20(21)29-3;3-1(4)2(5)6/h4-10H,11-15H2,1-3H3;(H,3,4)(H,5,6). The molecule has 11 heteroatoms. The highest BCUT2D eigenvalue weighted by Crippen LogP contribution is 2.29. The van der Waals surface area contributed by atoms with Crippen LogP contribution in [0.3, 0.4) is 0 Å². The third-order valence-corrected chi connectivity index (χ3v) is 5.26. The van der Waals surface area contributed by atoms with Crippen molar-refractivity contribution in [2.75, 3.05) is 54.1 Å². The molecule has 1 heterocycles. The minimum Gasteiger partial charge on any atom is -0.497 e. The Morgan fingerprint density at radius 3 is 1.71 bits per heavy atom. The molecule has 188 valence electrons. The number of carbonyl (C=O) groups excluding carboxylic acids is 2. The van der Waals surface area contributed by atoms with Crippen LogP contribution >= 0.6 is 0 Å². The van der Waals surface area contributed by atoms with E-state index in [1.807, 2.05) is 0 Å². The Hall–Kier alpha value is -4.12. The van der Waals surface area contributed by atoms with Gasteiger partial charge in [0.1, 0.15) is 22.8 Å². The number of nitrogens with zero attached hydrogens (tertiary/aromatic N) is 2. The maximum atomic E-state index is 13.0. The Bertz CT molecular complexity index is 1010. The molecule has 2 aromatic rings. The lowest BCUT2D eigenvalue weighted by Gasteiger charge is -2.34. The number of amides is 1. The zero-order valence-electron chi connectivity index (χ0n) is 19.7. The monoisotopic (exact) mass is 488 g/mol. The van der Waals surface area contributed by atoms with Crippen LogP contribution in [0.25, 0.3) is 0 Å². The summed E-state index contributed by atoms with van der Waals surface area (Å²) in [7, 11) is 4.67. The summed E-state index contributed by atoms with van der Waals surface area (Å²) in [6.07, 6.45) is 0. The Labute approximate surface area is 202 Å². The number of hydrogen-bond acceptors (Lipinski definition) is 8. The molecule has 1 aliphatic rings. The maximum Gasteiger partial charge on any atom is 0.414 e. The molecule has 1 amide bonds. The number of benzene rings is 2. The van der Waals surface area contributed by atoms with Gasteiger partial charge in [0.05, 0.1) is 27.9 Å². The summed E-state index contributed by atoms with van der Waals surface area (Å²) in [6, 6.07) is 12.4. The van der Waals surface area contributed by atoms with Gasteiger partial charge in [0, 0.05) is 31.7 Å². The molecule has 1 fully saturated rings. The van der Waals surface area contributed by atoms with Crippen LogP contribution in [-0.2, 0) is 9.59 Å². The van der Waals surface area contributed by atoms with E-state index >= 15 is 0 Å². The number of ether oxygens (including phenoxy) is 3. The summed E-state index contributed by atoms with van der Waals surface area (Å²) in [5.41, 5.74) is 1.09. The fourth-order valence-corrected chi connectivity index (χ4v) is 3.40. The van der Waals surface area contributed by atoms with Crippen molar-refractivity contribution in [2.45, 2.75) is 0 Å². The number of carbonyl (C=O) groups is 4. The van der Waals surface area contributed by atoms with Crippen LogP contribution in [0.4, 0.5) is 0 Å². The summed E-state index contributed by atoms with van der Waals surface area (Å²) in [6.45, 7) is 2.66. The molecule has 1 aliphatic heterocycles. The van der Waals surface area contributed by atoms with Crippen LogP contribution in [0.5, 0.6) is 17.2 Å². The number of hydrogen-bond donors (Lipinski definition) is 2. The number of carboxylic acid groups (broad SMARTS) is 2. The van der Waals surface area contributed by atoms with Crippen molar-refractivity contribution < 1.29 is 43.6 Å².